The van der Waals surface area contributed by atoms with Crippen LogP contribution in [-0.4, -0.2) is 22.4 Å². The molecule has 5 heteroatoms. The smallest absolute Gasteiger partial charge is 0.255 e. The summed E-state index contributed by atoms with van der Waals surface area (Å²) >= 11 is 0. The average Bonchev–Trinajstić information content (AvgIpc) is 2.70. The maximum Gasteiger partial charge on any atom is 0.255 e. The standard InChI is InChI=1S/C21H18N4O/c1-3-16-7-5-8-17(11-16)21(26)24-18-12-20(15-23-13-18)25(4-2)19-9-6-10-22-14-19/h1,5-15H,4H2,2H3,(H,24,26). The molecule has 3 rings (SSSR count). The third kappa shape index (κ3) is 3.87. The first-order chi connectivity index (χ1) is 12.7. The Labute approximate surface area is 152 Å². The largest absolute Gasteiger partial charge is 0.339 e. The second-order valence-electron chi connectivity index (χ2n) is 5.57. The van der Waals surface area contributed by atoms with E-state index < -0.39 is 0 Å². The fourth-order valence-corrected chi connectivity index (χ4v) is 2.62. The van der Waals surface area contributed by atoms with Crippen LogP contribution in [0.2, 0.25) is 0 Å². The third-order valence-corrected chi connectivity index (χ3v) is 3.86. The zero-order valence-corrected chi connectivity index (χ0v) is 14.4. The maximum atomic E-state index is 12.5. The summed E-state index contributed by atoms with van der Waals surface area (Å²) in [5, 5.41) is 2.87. The highest BCUT2D eigenvalue weighted by atomic mass is 16.1. The van der Waals surface area contributed by atoms with E-state index in [0.29, 0.717) is 16.8 Å². The monoisotopic (exact) mass is 342 g/mol. The molecule has 0 radical (unpaired) electrons. The summed E-state index contributed by atoms with van der Waals surface area (Å²) in [7, 11) is 0. The van der Waals surface area contributed by atoms with Crippen LogP contribution in [0.15, 0.2) is 67.3 Å². The van der Waals surface area contributed by atoms with Gasteiger partial charge in [0, 0.05) is 23.9 Å². The second-order valence-corrected chi connectivity index (χ2v) is 5.57. The summed E-state index contributed by atoms with van der Waals surface area (Å²) < 4.78 is 0. The molecule has 0 bridgehead atoms. The SMILES string of the molecule is C#Cc1cccc(C(=O)Nc2cncc(N(CC)c3cccnc3)c2)c1. The molecule has 0 atom stereocenters. The highest BCUT2D eigenvalue weighted by molar-refractivity contribution is 6.04. The molecule has 26 heavy (non-hydrogen) atoms. The first-order valence-corrected chi connectivity index (χ1v) is 8.22. The van der Waals surface area contributed by atoms with Crippen molar-refractivity contribution in [3.8, 4) is 12.3 Å². The van der Waals surface area contributed by atoms with Crippen LogP contribution < -0.4 is 10.2 Å². The van der Waals surface area contributed by atoms with Crippen LogP contribution in [0.3, 0.4) is 0 Å². The lowest BCUT2D eigenvalue weighted by Gasteiger charge is -2.23. The van der Waals surface area contributed by atoms with Crippen molar-refractivity contribution in [2.24, 2.45) is 0 Å². The van der Waals surface area contributed by atoms with Crippen LogP contribution in [0.25, 0.3) is 0 Å². The van der Waals surface area contributed by atoms with Crippen LogP contribution >= 0.6 is 0 Å². The predicted octanol–water partition coefficient (Wildman–Crippen LogP) is 3.87. The number of pyridine rings is 2. The van der Waals surface area contributed by atoms with Crippen molar-refractivity contribution in [1.82, 2.24) is 9.97 Å². The van der Waals surface area contributed by atoms with Crippen molar-refractivity contribution in [2.75, 3.05) is 16.8 Å². The fraction of sp³-hybridized carbons (Fsp3) is 0.0952. The Morgan fingerprint density at radius 1 is 1.12 bits per heavy atom. The summed E-state index contributed by atoms with van der Waals surface area (Å²) in [4.78, 5) is 22.9. The number of nitrogens with one attached hydrogen (secondary N) is 1. The van der Waals surface area contributed by atoms with Gasteiger partial charge >= 0.3 is 0 Å². The summed E-state index contributed by atoms with van der Waals surface area (Å²) in [5.41, 5.74) is 3.61. The Morgan fingerprint density at radius 2 is 1.96 bits per heavy atom. The summed E-state index contributed by atoms with van der Waals surface area (Å²) in [6, 6.07) is 12.7. The number of rotatable bonds is 5. The normalized spacial score (nSPS) is 10.0. The number of carbonyl (C=O) groups excluding carboxylic acids is 1. The van der Waals surface area contributed by atoms with E-state index in [-0.39, 0.29) is 5.91 Å². The van der Waals surface area contributed by atoms with Gasteiger partial charge in [-0.3, -0.25) is 14.8 Å². The van der Waals surface area contributed by atoms with Crippen molar-refractivity contribution in [3.63, 3.8) is 0 Å². The molecule has 0 aliphatic carbocycles. The van der Waals surface area contributed by atoms with E-state index in [1.54, 1.807) is 49.1 Å². The zero-order chi connectivity index (χ0) is 18.4. The molecular weight excluding hydrogens is 324 g/mol. The van der Waals surface area contributed by atoms with E-state index in [2.05, 4.69) is 26.1 Å². The van der Waals surface area contributed by atoms with Gasteiger partial charge in [0.15, 0.2) is 0 Å². The molecule has 0 unspecified atom stereocenters. The molecule has 3 aromatic rings. The van der Waals surface area contributed by atoms with Crippen molar-refractivity contribution >= 4 is 23.0 Å². The highest BCUT2D eigenvalue weighted by Gasteiger charge is 2.11. The topological polar surface area (TPSA) is 58.1 Å². The van der Waals surface area contributed by atoms with E-state index >= 15 is 0 Å². The molecule has 0 saturated carbocycles. The number of aromatic nitrogens is 2. The van der Waals surface area contributed by atoms with E-state index in [1.807, 2.05) is 25.1 Å². The molecule has 0 fully saturated rings. The van der Waals surface area contributed by atoms with E-state index in [0.717, 1.165) is 17.9 Å². The lowest BCUT2D eigenvalue weighted by molar-refractivity contribution is 0.102. The predicted molar refractivity (Wildman–Crippen MR) is 103 cm³/mol. The number of amides is 1. The minimum atomic E-state index is -0.231. The lowest BCUT2D eigenvalue weighted by atomic mass is 10.1. The summed E-state index contributed by atoms with van der Waals surface area (Å²) in [6.45, 7) is 2.79. The van der Waals surface area contributed by atoms with E-state index in [1.165, 1.54) is 0 Å². The molecule has 0 saturated heterocycles. The van der Waals surface area contributed by atoms with Crippen molar-refractivity contribution in [2.45, 2.75) is 6.92 Å². The van der Waals surface area contributed by atoms with Gasteiger partial charge in [-0.25, -0.2) is 0 Å². The number of hydrogen-bond acceptors (Lipinski definition) is 4. The third-order valence-electron chi connectivity index (χ3n) is 3.86. The van der Waals surface area contributed by atoms with Crippen LogP contribution in [0.1, 0.15) is 22.8 Å². The highest BCUT2D eigenvalue weighted by Crippen LogP contribution is 2.25. The van der Waals surface area contributed by atoms with Gasteiger partial charge in [-0.05, 0) is 43.3 Å². The van der Waals surface area contributed by atoms with Crippen LogP contribution in [0.4, 0.5) is 17.1 Å². The fourth-order valence-electron chi connectivity index (χ4n) is 2.62. The van der Waals surface area contributed by atoms with E-state index in [4.69, 9.17) is 6.42 Å². The molecular formula is C21H18N4O. The number of nitrogens with zero attached hydrogens (tertiary/aromatic N) is 3. The summed E-state index contributed by atoms with van der Waals surface area (Å²) in [6.07, 6.45) is 12.3. The van der Waals surface area contributed by atoms with Gasteiger partial charge in [0.2, 0.25) is 0 Å². The molecule has 0 aliphatic rings. The number of carbonyl (C=O) groups is 1. The Morgan fingerprint density at radius 3 is 2.69 bits per heavy atom. The number of anilines is 3. The van der Waals surface area contributed by atoms with E-state index in [9.17, 15) is 4.79 Å². The van der Waals surface area contributed by atoms with Gasteiger partial charge in [0.05, 0.1) is 35.7 Å². The van der Waals surface area contributed by atoms with Gasteiger partial charge in [-0.2, -0.15) is 0 Å². The first kappa shape index (κ1) is 17.2. The Hall–Kier alpha value is -3.65. The quantitative estimate of drug-likeness (QED) is 0.715. The molecule has 1 N–H and O–H groups in total. The maximum absolute atomic E-state index is 12.5. The second kappa shape index (κ2) is 7.95. The number of terminal acetylenes is 1. The van der Waals surface area contributed by atoms with Crippen LogP contribution in [0.5, 0.6) is 0 Å². The Bertz CT molecular complexity index is 947. The Kier molecular flexibility index (Phi) is 5.25. The molecule has 1 aromatic carbocycles. The van der Waals surface area contributed by atoms with Crippen LogP contribution in [-0.2, 0) is 0 Å². The first-order valence-electron chi connectivity index (χ1n) is 8.22. The molecule has 5 nitrogen and oxygen atoms in total. The van der Waals surface area contributed by atoms with Gasteiger partial charge < -0.3 is 10.2 Å². The molecule has 2 aromatic heterocycles. The van der Waals surface area contributed by atoms with Crippen molar-refractivity contribution < 1.29 is 4.79 Å². The minimum absolute atomic E-state index is 0.231. The van der Waals surface area contributed by atoms with Gasteiger partial charge in [-0.1, -0.05) is 12.0 Å². The molecule has 0 aliphatic heterocycles. The number of hydrogen-bond donors (Lipinski definition) is 1. The number of benzene rings is 1. The molecule has 128 valence electrons. The lowest BCUT2D eigenvalue weighted by Crippen LogP contribution is -2.17. The molecule has 2 heterocycles. The average molecular weight is 342 g/mol. The molecule has 0 spiro atoms. The molecule has 1 amide bonds. The minimum Gasteiger partial charge on any atom is -0.339 e. The van der Waals surface area contributed by atoms with Gasteiger partial charge in [0.25, 0.3) is 5.91 Å². The van der Waals surface area contributed by atoms with Gasteiger partial charge in [-0.15, -0.1) is 6.42 Å². The van der Waals surface area contributed by atoms with Gasteiger partial charge in [0.1, 0.15) is 0 Å². The zero-order valence-electron chi connectivity index (χ0n) is 14.4. The van der Waals surface area contributed by atoms with Crippen molar-refractivity contribution in [3.05, 3.63) is 78.4 Å². The Balaban J connectivity index is 1.83. The summed E-state index contributed by atoms with van der Waals surface area (Å²) in [5.74, 6) is 2.30. The van der Waals surface area contributed by atoms with Crippen molar-refractivity contribution in [1.29, 1.82) is 0 Å². The van der Waals surface area contributed by atoms with Crippen LogP contribution in [0, 0.1) is 12.3 Å².